The number of hydrogen-bond donors (Lipinski definition) is 2. The lowest BCUT2D eigenvalue weighted by Crippen LogP contribution is -2.12. The number of nitrogens with one attached hydrogen (secondary N) is 2. The number of ether oxygens (including phenoxy) is 1. The van der Waals surface area contributed by atoms with E-state index in [1.165, 1.54) is 18.4 Å². The van der Waals surface area contributed by atoms with Crippen molar-refractivity contribution in [3.8, 4) is 11.5 Å². The average molecular weight is 293 g/mol. The highest BCUT2D eigenvalue weighted by atomic mass is 16.5. The molecule has 22 heavy (non-hydrogen) atoms. The molecule has 0 bridgehead atoms. The maximum Gasteiger partial charge on any atom is 0.141 e. The molecular formula is C18H19N3O. The van der Waals surface area contributed by atoms with Gasteiger partial charge in [-0.05, 0) is 55.6 Å². The van der Waals surface area contributed by atoms with Crippen molar-refractivity contribution >= 4 is 11.0 Å². The topological polar surface area (TPSA) is 49.9 Å². The number of fused-ring (bicyclic) bond motifs is 1. The Morgan fingerprint density at radius 1 is 1.18 bits per heavy atom. The van der Waals surface area contributed by atoms with Gasteiger partial charge in [-0.15, -0.1) is 0 Å². The van der Waals surface area contributed by atoms with Crippen molar-refractivity contribution in [2.75, 3.05) is 6.54 Å². The third-order valence-electron chi connectivity index (χ3n) is 4.30. The lowest BCUT2D eigenvalue weighted by atomic mass is 10.1. The zero-order valence-corrected chi connectivity index (χ0v) is 12.6. The van der Waals surface area contributed by atoms with Crippen LogP contribution < -0.4 is 10.1 Å². The van der Waals surface area contributed by atoms with Gasteiger partial charge >= 0.3 is 0 Å². The monoisotopic (exact) mass is 293 g/mol. The lowest BCUT2D eigenvalue weighted by molar-refractivity contribution is 0.487. The fourth-order valence-electron chi connectivity index (χ4n) is 3.13. The minimum absolute atomic E-state index is 0.494. The molecule has 4 rings (SSSR count). The van der Waals surface area contributed by atoms with Gasteiger partial charge in [0.1, 0.15) is 17.1 Å². The molecule has 0 radical (unpaired) electrons. The van der Waals surface area contributed by atoms with Gasteiger partial charge < -0.3 is 15.0 Å². The van der Waals surface area contributed by atoms with E-state index < -0.39 is 0 Å². The number of pyridine rings is 1. The van der Waals surface area contributed by atoms with Crippen molar-refractivity contribution in [2.45, 2.75) is 25.8 Å². The van der Waals surface area contributed by atoms with E-state index >= 15 is 0 Å². The quantitative estimate of drug-likeness (QED) is 0.764. The van der Waals surface area contributed by atoms with E-state index in [0.29, 0.717) is 6.04 Å². The van der Waals surface area contributed by atoms with Gasteiger partial charge in [-0.3, -0.25) is 0 Å². The molecule has 3 heterocycles. The summed E-state index contributed by atoms with van der Waals surface area (Å²) in [5, 5.41) is 4.56. The molecule has 1 saturated heterocycles. The Morgan fingerprint density at radius 3 is 2.82 bits per heavy atom. The van der Waals surface area contributed by atoms with E-state index in [9.17, 15) is 0 Å². The number of H-pyrrole nitrogens is 1. The van der Waals surface area contributed by atoms with Crippen molar-refractivity contribution in [1.29, 1.82) is 0 Å². The Bertz CT molecular complexity index is 786. The van der Waals surface area contributed by atoms with Gasteiger partial charge in [0, 0.05) is 18.4 Å². The van der Waals surface area contributed by atoms with Gasteiger partial charge in [0.25, 0.3) is 0 Å². The average Bonchev–Trinajstić information content (AvgIpc) is 3.19. The second kappa shape index (κ2) is 5.46. The van der Waals surface area contributed by atoms with Gasteiger partial charge in [-0.1, -0.05) is 12.1 Å². The zero-order valence-electron chi connectivity index (χ0n) is 12.6. The summed E-state index contributed by atoms with van der Waals surface area (Å²) in [5.41, 5.74) is 3.34. The van der Waals surface area contributed by atoms with Gasteiger partial charge in [0.2, 0.25) is 0 Å². The van der Waals surface area contributed by atoms with Gasteiger partial charge in [0.05, 0.1) is 5.39 Å². The van der Waals surface area contributed by atoms with E-state index in [1.807, 2.05) is 24.4 Å². The van der Waals surface area contributed by atoms with Crippen LogP contribution >= 0.6 is 0 Å². The van der Waals surface area contributed by atoms with Gasteiger partial charge in [-0.2, -0.15) is 0 Å². The van der Waals surface area contributed by atoms with Crippen LogP contribution in [0.25, 0.3) is 11.0 Å². The minimum Gasteiger partial charge on any atom is -0.457 e. The molecule has 112 valence electrons. The molecule has 0 amide bonds. The summed E-state index contributed by atoms with van der Waals surface area (Å²) in [5.74, 6) is 1.70. The second-order valence-electron chi connectivity index (χ2n) is 5.82. The maximum absolute atomic E-state index is 6.07. The lowest BCUT2D eigenvalue weighted by Gasteiger charge is -2.12. The fraction of sp³-hybridized carbons (Fsp3) is 0.278. The van der Waals surface area contributed by atoms with Crippen LogP contribution in [0.15, 0.2) is 42.7 Å². The number of hydrogen-bond acceptors (Lipinski definition) is 3. The van der Waals surface area contributed by atoms with E-state index in [4.69, 9.17) is 4.74 Å². The third-order valence-corrected chi connectivity index (χ3v) is 4.30. The molecule has 1 atom stereocenters. The molecule has 1 aromatic carbocycles. The molecule has 0 aliphatic carbocycles. The summed E-state index contributed by atoms with van der Waals surface area (Å²) in [6.07, 6.45) is 6.20. The summed E-state index contributed by atoms with van der Waals surface area (Å²) < 4.78 is 6.07. The van der Waals surface area contributed by atoms with Crippen LogP contribution in [0, 0.1) is 6.92 Å². The Labute approximate surface area is 129 Å². The maximum atomic E-state index is 6.07. The first-order valence-corrected chi connectivity index (χ1v) is 7.75. The molecule has 4 nitrogen and oxygen atoms in total. The first kappa shape index (κ1) is 13.3. The Balaban J connectivity index is 1.61. The molecule has 4 heteroatoms. The van der Waals surface area contributed by atoms with Gasteiger partial charge in [0.15, 0.2) is 0 Å². The van der Waals surface area contributed by atoms with Crippen LogP contribution in [0.2, 0.25) is 0 Å². The van der Waals surface area contributed by atoms with Crippen LogP contribution in [0.5, 0.6) is 11.5 Å². The van der Waals surface area contributed by atoms with Crippen LogP contribution in [0.1, 0.15) is 30.0 Å². The number of rotatable bonds is 3. The Morgan fingerprint density at radius 2 is 2.05 bits per heavy atom. The number of nitrogens with zero attached hydrogens (tertiary/aromatic N) is 1. The van der Waals surface area contributed by atoms with Crippen molar-refractivity contribution in [2.24, 2.45) is 0 Å². The standard InChI is InChI=1S/C18H19N3O/c1-12-11-21-18-17(12)16(8-10-20-18)22-14-6-4-13(5-7-14)15-3-2-9-19-15/h4-8,10-11,15,19H,2-3,9H2,1H3,(H,20,21). The van der Waals surface area contributed by atoms with E-state index in [-0.39, 0.29) is 0 Å². The normalized spacial score (nSPS) is 18.0. The molecule has 0 spiro atoms. The zero-order chi connectivity index (χ0) is 14.9. The summed E-state index contributed by atoms with van der Waals surface area (Å²) >= 11 is 0. The predicted octanol–water partition coefficient (Wildman–Crippen LogP) is 4.09. The van der Waals surface area contributed by atoms with Gasteiger partial charge in [-0.25, -0.2) is 4.98 Å². The highest BCUT2D eigenvalue weighted by Gasteiger charge is 2.16. The molecular weight excluding hydrogens is 274 g/mol. The molecule has 1 aliphatic heterocycles. The summed E-state index contributed by atoms with van der Waals surface area (Å²) in [4.78, 5) is 7.49. The number of benzene rings is 1. The van der Waals surface area contributed by atoms with E-state index in [1.54, 1.807) is 6.20 Å². The highest BCUT2D eigenvalue weighted by Crippen LogP contribution is 2.32. The largest absolute Gasteiger partial charge is 0.457 e. The number of aromatic nitrogens is 2. The highest BCUT2D eigenvalue weighted by molar-refractivity contribution is 5.86. The third kappa shape index (κ3) is 2.35. The molecule has 1 aliphatic rings. The summed E-state index contributed by atoms with van der Waals surface area (Å²) in [6.45, 7) is 3.17. The van der Waals surface area contributed by atoms with Crippen molar-refractivity contribution in [3.05, 3.63) is 53.9 Å². The van der Waals surface area contributed by atoms with Crippen molar-refractivity contribution < 1.29 is 4.74 Å². The van der Waals surface area contributed by atoms with Crippen LogP contribution in [-0.4, -0.2) is 16.5 Å². The Hall–Kier alpha value is -2.33. The predicted molar refractivity (Wildman–Crippen MR) is 87.3 cm³/mol. The smallest absolute Gasteiger partial charge is 0.141 e. The fourth-order valence-corrected chi connectivity index (χ4v) is 3.13. The van der Waals surface area contributed by atoms with Crippen LogP contribution in [-0.2, 0) is 0 Å². The van der Waals surface area contributed by atoms with Crippen LogP contribution in [0.3, 0.4) is 0 Å². The second-order valence-corrected chi connectivity index (χ2v) is 5.82. The summed E-state index contributed by atoms with van der Waals surface area (Å²) in [7, 11) is 0. The number of aromatic amines is 1. The van der Waals surface area contributed by atoms with Crippen LogP contribution in [0.4, 0.5) is 0 Å². The van der Waals surface area contributed by atoms with Crippen molar-refractivity contribution in [1.82, 2.24) is 15.3 Å². The minimum atomic E-state index is 0.494. The Kier molecular flexibility index (Phi) is 3.31. The first-order valence-electron chi connectivity index (χ1n) is 7.75. The molecule has 1 unspecified atom stereocenters. The number of aryl methyl sites for hydroxylation is 1. The molecule has 3 aromatic rings. The molecule has 0 saturated carbocycles. The first-order chi connectivity index (χ1) is 10.8. The SMILES string of the molecule is Cc1c[nH]c2nccc(Oc3ccc(C4CCCN4)cc3)c12. The van der Waals surface area contributed by atoms with E-state index in [0.717, 1.165) is 34.6 Å². The summed E-state index contributed by atoms with van der Waals surface area (Å²) in [6, 6.07) is 10.8. The van der Waals surface area contributed by atoms with E-state index in [2.05, 4.69) is 34.3 Å². The molecule has 2 N–H and O–H groups in total. The van der Waals surface area contributed by atoms with Crippen molar-refractivity contribution in [3.63, 3.8) is 0 Å². The molecule has 2 aromatic heterocycles. The molecule has 1 fully saturated rings.